The summed E-state index contributed by atoms with van der Waals surface area (Å²) in [4.78, 5) is 7.93. The highest BCUT2D eigenvalue weighted by Crippen LogP contribution is 2.43. The molecule has 0 unspecified atom stereocenters. The summed E-state index contributed by atoms with van der Waals surface area (Å²) in [5, 5.41) is 10.5. The molecule has 0 atom stereocenters. The maximum absolute atomic E-state index is 13.4. The third kappa shape index (κ3) is 3.62. The molecule has 9 heteroatoms. The molecule has 4 rings (SSSR count). The molecule has 3 aliphatic heterocycles. The Bertz CT molecular complexity index is 933. The molecule has 5 nitrogen and oxygen atoms in total. The molecule has 0 radical (unpaired) electrons. The molecule has 3 aliphatic rings. The van der Waals surface area contributed by atoms with Crippen molar-refractivity contribution in [2.45, 2.75) is 12.7 Å². The average molecular weight is 411 g/mol. The van der Waals surface area contributed by atoms with Gasteiger partial charge < -0.3 is 10.1 Å². The first-order valence-corrected chi connectivity index (χ1v) is 9.19. The van der Waals surface area contributed by atoms with Gasteiger partial charge >= 0.3 is 6.18 Å². The first-order valence-electron chi connectivity index (χ1n) is 8.81. The fourth-order valence-corrected chi connectivity index (χ4v) is 3.70. The fourth-order valence-electron chi connectivity index (χ4n) is 3.57. The van der Waals surface area contributed by atoms with E-state index in [2.05, 4.69) is 9.88 Å². The van der Waals surface area contributed by atoms with Crippen LogP contribution in [0, 0.1) is 0 Å². The first-order chi connectivity index (χ1) is 13.3. The molecule has 3 heterocycles. The summed E-state index contributed by atoms with van der Waals surface area (Å²) in [6.07, 6.45) is -2.43. The van der Waals surface area contributed by atoms with E-state index in [9.17, 15) is 18.4 Å². The molecule has 1 N–H and O–H groups in total. The van der Waals surface area contributed by atoms with Crippen molar-refractivity contribution in [3.05, 3.63) is 58.9 Å². The van der Waals surface area contributed by atoms with Crippen LogP contribution in [0.3, 0.4) is 0 Å². The van der Waals surface area contributed by atoms with Crippen LogP contribution in [-0.4, -0.2) is 46.0 Å². The third-order valence-corrected chi connectivity index (χ3v) is 5.25. The zero-order chi connectivity index (χ0) is 19.9. The van der Waals surface area contributed by atoms with Crippen LogP contribution in [0.15, 0.2) is 42.7 Å². The molecule has 148 valence electrons. The minimum absolute atomic E-state index is 0.0661. The minimum atomic E-state index is -4.53. The van der Waals surface area contributed by atoms with Gasteiger partial charge in [0.2, 0.25) is 0 Å². The Labute approximate surface area is 164 Å². The van der Waals surface area contributed by atoms with Crippen LogP contribution in [0.5, 0.6) is 0 Å². The largest absolute Gasteiger partial charge is 0.427 e. The number of piperazine rings is 1. The molecule has 28 heavy (non-hydrogen) atoms. The maximum Gasteiger partial charge on any atom is 0.418 e. The van der Waals surface area contributed by atoms with Crippen LogP contribution in [-0.2, 0) is 12.7 Å². The highest BCUT2D eigenvalue weighted by molar-refractivity contribution is 6.30. The van der Waals surface area contributed by atoms with Crippen molar-refractivity contribution < 1.29 is 18.4 Å². The molecule has 0 amide bonds. The molecular formula is C19H18ClF3N4O. The fraction of sp³-hybridized carbons (Fsp3) is 0.316. The van der Waals surface area contributed by atoms with Gasteiger partial charge in [0.1, 0.15) is 0 Å². The molecule has 0 spiro atoms. The Morgan fingerprint density at radius 2 is 1.71 bits per heavy atom. The Morgan fingerprint density at radius 3 is 2.36 bits per heavy atom. The van der Waals surface area contributed by atoms with E-state index in [1.165, 1.54) is 12.3 Å². The van der Waals surface area contributed by atoms with Crippen LogP contribution < -0.4 is 4.90 Å². The number of rotatable bonds is 3. The predicted molar refractivity (Wildman–Crippen MR) is 100.0 cm³/mol. The van der Waals surface area contributed by atoms with E-state index in [0.29, 0.717) is 41.6 Å². The summed E-state index contributed by atoms with van der Waals surface area (Å²) >= 11 is 5.91. The minimum Gasteiger partial charge on any atom is -0.427 e. The second-order valence-corrected chi connectivity index (χ2v) is 7.24. The number of hydrogen-bond acceptors (Lipinski definition) is 4. The summed E-state index contributed by atoms with van der Waals surface area (Å²) in [5.74, 6) is -0.0894. The van der Waals surface area contributed by atoms with Gasteiger partial charge in [-0.3, -0.25) is 4.90 Å². The summed E-state index contributed by atoms with van der Waals surface area (Å²) < 4.78 is 40.8. The molecule has 1 aromatic rings. The Morgan fingerprint density at radius 1 is 1.04 bits per heavy atom. The van der Waals surface area contributed by atoms with E-state index in [4.69, 9.17) is 11.6 Å². The molecular weight excluding hydrogens is 393 g/mol. The lowest BCUT2D eigenvalue weighted by Gasteiger charge is -2.37. The molecule has 1 aromatic carbocycles. The molecule has 1 fully saturated rings. The number of alkyl halides is 3. The third-order valence-electron chi connectivity index (χ3n) is 4.99. The monoisotopic (exact) mass is 410 g/mol. The van der Waals surface area contributed by atoms with Crippen LogP contribution in [0.25, 0.3) is 11.4 Å². The maximum atomic E-state index is 13.4. The summed E-state index contributed by atoms with van der Waals surface area (Å²) in [6.45, 7) is 3.36. The molecule has 0 aliphatic carbocycles. The second-order valence-electron chi connectivity index (χ2n) is 6.80. The van der Waals surface area contributed by atoms with Gasteiger partial charge in [0, 0.05) is 50.1 Å². The smallest absolute Gasteiger partial charge is 0.418 e. The van der Waals surface area contributed by atoms with E-state index in [-0.39, 0.29) is 11.4 Å². The first kappa shape index (κ1) is 18.9. The number of fused-ring (bicyclic) bond motifs is 1. The SMILES string of the molecule is On1ccc(N2CCN(Cc3ccc(Cl)cc3)CC2)c2c(C(F)(F)F)cnc1-2. The lowest BCUT2D eigenvalue weighted by Crippen LogP contribution is -2.46. The van der Waals surface area contributed by atoms with E-state index in [1.54, 1.807) is 0 Å². The van der Waals surface area contributed by atoms with Crippen molar-refractivity contribution in [3.8, 4) is 11.4 Å². The Hall–Kier alpha value is -2.45. The van der Waals surface area contributed by atoms with Gasteiger partial charge in [-0.25, -0.2) is 4.98 Å². The van der Waals surface area contributed by atoms with Gasteiger partial charge in [0.15, 0.2) is 5.82 Å². The molecule has 0 saturated carbocycles. The number of nitrogens with zero attached hydrogens (tertiary/aromatic N) is 4. The van der Waals surface area contributed by atoms with Crippen LogP contribution in [0.4, 0.5) is 18.9 Å². The van der Waals surface area contributed by atoms with Crippen LogP contribution in [0.2, 0.25) is 5.02 Å². The highest BCUT2D eigenvalue weighted by atomic mass is 35.5. The van der Waals surface area contributed by atoms with Crippen molar-refractivity contribution in [2.24, 2.45) is 0 Å². The topological polar surface area (TPSA) is 44.5 Å². The van der Waals surface area contributed by atoms with Crippen LogP contribution in [0.1, 0.15) is 11.1 Å². The number of anilines is 1. The van der Waals surface area contributed by atoms with E-state index in [0.717, 1.165) is 18.3 Å². The van der Waals surface area contributed by atoms with Gasteiger partial charge in [-0.1, -0.05) is 23.7 Å². The van der Waals surface area contributed by atoms with E-state index < -0.39 is 11.7 Å². The van der Waals surface area contributed by atoms with Gasteiger partial charge in [-0.15, -0.1) is 0 Å². The summed E-state index contributed by atoms with van der Waals surface area (Å²) in [6, 6.07) is 9.15. The zero-order valence-electron chi connectivity index (χ0n) is 14.8. The molecule has 0 bridgehead atoms. The summed E-state index contributed by atoms with van der Waals surface area (Å²) in [7, 11) is 0. The lowest BCUT2D eigenvalue weighted by atomic mass is 10.1. The average Bonchev–Trinajstić information content (AvgIpc) is 3.11. The number of pyridine rings is 1. The van der Waals surface area contributed by atoms with Crippen molar-refractivity contribution in [2.75, 3.05) is 31.1 Å². The Kier molecular flexibility index (Phi) is 4.84. The van der Waals surface area contributed by atoms with Crippen LogP contribution >= 0.6 is 11.6 Å². The number of benzene rings is 1. The molecule has 0 aromatic heterocycles. The number of halogens is 4. The zero-order valence-corrected chi connectivity index (χ0v) is 15.6. The normalized spacial score (nSPS) is 16.1. The van der Waals surface area contributed by atoms with E-state index in [1.807, 2.05) is 29.2 Å². The quantitative estimate of drug-likeness (QED) is 0.657. The van der Waals surface area contributed by atoms with Crippen molar-refractivity contribution in [1.82, 2.24) is 14.6 Å². The number of hydrogen-bond donors (Lipinski definition) is 1. The van der Waals surface area contributed by atoms with Gasteiger partial charge in [0.05, 0.1) is 16.8 Å². The van der Waals surface area contributed by atoms with Crippen molar-refractivity contribution in [1.29, 1.82) is 0 Å². The number of aromatic nitrogens is 2. The van der Waals surface area contributed by atoms with E-state index >= 15 is 0 Å². The highest BCUT2D eigenvalue weighted by Gasteiger charge is 2.39. The second kappa shape index (κ2) is 7.18. The van der Waals surface area contributed by atoms with Gasteiger partial charge in [0.25, 0.3) is 0 Å². The summed E-state index contributed by atoms with van der Waals surface area (Å²) in [5.41, 5.74) is 0.685. The van der Waals surface area contributed by atoms with Crippen molar-refractivity contribution >= 4 is 17.3 Å². The van der Waals surface area contributed by atoms with Gasteiger partial charge in [-0.2, -0.15) is 17.9 Å². The molecule has 1 saturated heterocycles. The van der Waals surface area contributed by atoms with Crippen molar-refractivity contribution in [3.63, 3.8) is 0 Å². The van der Waals surface area contributed by atoms with Gasteiger partial charge in [-0.05, 0) is 23.8 Å². The predicted octanol–water partition coefficient (Wildman–Crippen LogP) is 4.22. The Balaban J connectivity index is 1.53. The lowest BCUT2D eigenvalue weighted by molar-refractivity contribution is -0.137. The standard InChI is InChI=1S/C19H18ClF3N4O/c20-14-3-1-13(2-4-14)12-25-7-9-26(10-8-25)16-5-6-27(28)18-17(16)15(11-24-18)19(21,22)23/h1-6,11,28H,7-10,12H2.